The van der Waals surface area contributed by atoms with E-state index < -0.39 is 18.0 Å². The van der Waals surface area contributed by atoms with Crippen molar-refractivity contribution in [3.05, 3.63) is 65.7 Å². The predicted molar refractivity (Wildman–Crippen MR) is 103 cm³/mol. The fourth-order valence-corrected chi connectivity index (χ4v) is 2.54. The van der Waals surface area contributed by atoms with Crippen LogP contribution in [0.3, 0.4) is 0 Å². The van der Waals surface area contributed by atoms with Crippen molar-refractivity contribution in [1.29, 1.82) is 0 Å². The zero-order valence-electron chi connectivity index (χ0n) is 14.9. The van der Waals surface area contributed by atoms with E-state index in [1.807, 2.05) is 6.07 Å². The maximum atomic E-state index is 12.4. The van der Waals surface area contributed by atoms with Gasteiger partial charge in [-0.1, -0.05) is 30.3 Å². The van der Waals surface area contributed by atoms with Crippen LogP contribution < -0.4 is 16.4 Å². The van der Waals surface area contributed by atoms with Crippen LogP contribution in [-0.4, -0.2) is 35.5 Å². The smallest absolute Gasteiger partial charge is 0.326 e. The van der Waals surface area contributed by atoms with Crippen molar-refractivity contribution in [3.8, 4) is 0 Å². The van der Waals surface area contributed by atoms with E-state index in [1.165, 1.54) is 0 Å². The number of benzene rings is 2. The fraction of sp³-hybridized carbons (Fsp3) is 0.250. The van der Waals surface area contributed by atoms with Crippen LogP contribution >= 0.6 is 0 Å². The average Bonchev–Trinajstić information content (AvgIpc) is 2.68. The van der Waals surface area contributed by atoms with E-state index in [2.05, 4.69) is 10.6 Å². The Morgan fingerprint density at radius 3 is 2.15 bits per heavy atom. The Morgan fingerprint density at radius 2 is 1.56 bits per heavy atom. The summed E-state index contributed by atoms with van der Waals surface area (Å²) < 4.78 is 0. The number of ketones is 1. The van der Waals surface area contributed by atoms with Crippen molar-refractivity contribution in [2.75, 3.05) is 11.9 Å². The summed E-state index contributed by atoms with van der Waals surface area (Å²) >= 11 is 0. The number of urea groups is 1. The number of hydrogen-bond donors (Lipinski definition) is 4. The number of amides is 2. The van der Waals surface area contributed by atoms with Gasteiger partial charge in [0.2, 0.25) is 0 Å². The molecule has 2 aromatic rings. The zero-order chi connectivity index (χ0) is 19.6. The Hall–Kier alpha value is -3.19. The highest BCUT2D eigenvalue weighted by atomic mass is 16.4. The van der Waals surface area contributed by atoms with Gasteiger partial charge in [-0.25, -0.2) is 9.59 Å². The summed E-state index contributed by atoms with van der Waals surface area (Å²) in [5.41, 5.74) is 6.93. The maximum Gasteiger partial charge on any atom is 0.326 e. The normalized spacial score (nSPS) is 11.4. The molecule has 0 saturated heterocycles. The van der Waals surface area contributed by atoms with Crippen LogP contribution in [0.4, 0.5) is 10.5 Å². The maximum absolute atomic E-state index is 12.4. The Kier molecular flexibility index (Phi) is 7.51. The Labute approximate surface area is 157 Å². The Balaban J connectivity index is 1.94. The zero-order valence-corrected chi connectivity index (χ0v) is 14.9. The van der Waals surface area contributed by atoms with Gasteiger partial charge in [0.05, 0.1) is 0 Å². The molecule has 2 rings (SSSR count). The highest BCUT2D eigenvalue weighted by Gasteiger charge is 2.19. The number of unbranched alkanes of at least 4 members (excludes halogenated alkanes) is 1. The average molecular weight is 369 g/mol. The highest BCUT2D eigenvalue weighted by molar-refractivity contribution is 6.09. The number of hydrogen-bond acceptors (Lipinski definition) is 4. The van der Waals surface area contributed by atoms with Crippen molar-refractivity contribution in [2.24, 2.45) is 5.73 Å². The summed E-state index contributed by atoms with van der Waals surface area (Å²) in [6, 6.07) is 13.7. The van der Waals surface area contributed by atoms with Gasteiger partial charge in [-0.2, -0.15) is 0 Å². The first-order valence-corrected chi connectivity index (χ1v) is 8.71. The van der Waals surface area contributed by atoms with Gasteiger partial charge in [0.25, 0.3) is 0 Å². The first-order valence-electron chi connectivity index (χ1n) is 8.71. The second-order valence-electron chi connectivity index (χ2n) is 6.05. The topological polar surface area (TPSA) is 122 Å². The first-order chi connectivity index (χ1) is 13.0. The van der Waals surface area contributed by atoms with E-state index in [-0.39, 0.29) is 5.78 Å². The lowest BCUT2D eigenvalue weighted by molar-refractivity contribution is -0.139. The standard InChI is InChI=1S/C20H23N3O4/c21-13-5-4-8-17(19(25)26)23-20(27)22-16-11-9-15(10-12-16)18(24)14-6-2-1-3-7-14/h1-3,6-7,9-12,17H,4-5,8,13,21H2,(H,25,26)(H2,22,23,27)/t17-/m0/s1. The molecule has 0 aliphatic heterocycles. The largest absolute Gasteiger partial charge is 0.480 e. The number of rotatable bonds is 9. The monoisotopic (exact) mass is 369 g/mol. The minimum absolute atomic E-state index is 0.113. The van der Waals surface area contributed by atoms with Crippen LogP contribution in [-0.2, 0) is 4.79 Å². The van der Waals surface area contributed by atoms with Gasteiger partial charge < -0.3 is 21.5 Å². The predicted octanol–water partition coefficient (Wildman–Crippen LogP) is 2.62. The number of carbonyl (C=O) groups is 3. The fourth-order valence-electron chi connectivity index (χ4n) is 2.54. The first kappa shape index (κ1) is 20.1. The molecular weight excluding hydrogens is 346 g/mol. The molecule has 2 aromatic carbocycles. The Bertz CT molecular complexity index is 776. The van der Waals surface area contributed by atoms with E-state index >= 15 is 0 Å². The molecule has 0 radical (unpaired) electrons. The van der Waals surface area contributed by atoms with Crippen LogP contribution in [0.25, 0.3) is 0 Å². The van der Waals surface area contributed by atoms with Gasteiger partial charge in [-0.05, 0) is 50.1 Å². The third-order valence-electron chi connectivity index (χ3n) is 3.99. The molecule has 0 aromatic heterocycles. The quantitative estimate of drug-likeness (QED) is 0.400. The molecule has 5 N–H and O–H groups in total. The molecule has 0 saturated carbocycles. The minimum atomic E-state index is -1.09. The molecule has 0 aliphatic carbocycles. The van der Waals surface area contributed by atoms with Gasteiger partial charge in [0, 0.05) is 16.8 Å². The van der Waals surface area contributed by atoms with Gasteiger partial charge in [0.15, 0.2) is 5.78 Å². The molecule has 7 heteroatoms. The minimum Gasteiger partial charge on any atom is -0.480 e. The van der Waals surface area contributed by atoms with Crippen molar-refractivity contribution in [1.82, 2.24) is 5.32 Å². The molecule has 0 aliphatic rings. The second kappa shape index (κ2) is 10.1. The summed E-state index contributed by atoms with van der Waals surface area (Å²) in [7, 11) is 0. The highest BCUT2D eigenvalue weighted by Crippen LogP contribution is 2.14. The number of nitrogens with one attached hydrogen (secondary N) is 2. The van der Waals surface area contributed by atoms with Gasteiger partial charge in [-0.15, -0.1) is 0 Å². The van der Waals surface area contributed by atoms with E-state index in [1.54, 1.807) is 48.5 Å². The van der Waals surface area contributed by atoms with Crippen molar-refractivity contribution >= 4 is 23.5 Å². The Morgan fingerprint density at radius 1 is 0.926 bits per heavy atom. The van der Waals surface area contributed by atoms with Crippen molar-refractivity contribution < 1.29 is 19.5 Å². The lowest BCUT2D eigenvalue weighted by Gasteiger charge is -2.15. The number of carboxylic acid groups (broad SMARTS) is 1. The summed E-state index contributed by atoms with van der Waals surface area (Å²) in [5.74, 6) is -1.21. The molecule has 0 spiro atoms. The molecule has 2 amide bonds. The number of carbonyl (C=O) groups excluding carboxylic acids is 2. The number of anilines is 1. The van der Waals surface area contributed by atoms with E-state index in [9.17, 15) is 19.5 Å². The summed E-state index contributed by atoms with van der Waals surface area (Å²) in [6.07, 6.45) is 1.62. The molecular formula is C20H23N3O4. The van der Waals surface area contributed by atoms with Crippen molar-refractivity contribution in [2.45, 2.75) is 25.3 Å². The van der Waals surface area contributed by atoms with Crippen LogP contribution in [0.2, 0.25) is 0 Å². The summed E-state index contributed by atoms with van der Waals surface area (Å²) in [4.78, 5) is 35.6. The van der Waals surface area contributed by atoms with Crippen LogP contribution in [0.1, 0.15) is 35.2 Å². The molecule has 1 atom stereocenters. The van der Waals surface area contributed by atoms with Gasteiger partial charge >= 0.3 is 12.0 Å². The third kappa shape index (κ3) is 6.23. The molecule has 0 fully saturated rings. The molecule has 27 heavy (non-hydrogen) atoms. The number of carboxylic acids is 1. The van der Waals surface area contributed by atoms with E-state index in [0.717, 1.165) is 0 Å². The summed E-state index contributed by atoms with van der Waals surface area (Å²) in [6.45, 7) is 0.479. The third-order valence-corrected chi connectivity index (χ3v) is 3.99. The SMILES string of the molecule is NCCCC[C@H](NC(=O)Nc1ccc(C(=O)c2ccccc2)cc1)C(=O)O. The van der Waals surface area contributed by atoms with Crippen LogP contribution in [0.5, 0.6) is 0 Å². The van der Waals surface area contributed by atoms with E-state index in [0.29, 0.717) is 42.6 Å². The lowest BCUT2D eigenvalue weighted by atomic mass is 10.0. The molecule has 0 heterocycles. The molecule has 7 nitrogen and oxygen atoms in total. The molecule has 0 unspecified atom stereocenters. The number of nitrogens with two attached hydrogens (primary N) is 1. The van der Waals surface area contributed by atoms with Gasteiger partial charge in [0.1, 0.15) is 6.04 Å². The summed E-state index contributed by atoms with van der Waals surface area (Å²) in [5, 5.41) is 14.2. The second-order valence-corrected chi connectivity index (χ2v) is 6.05. The van der Waals surface area contributed by atoms with Crippen LogP contribution in [0, 0.1) is 0 Å². The molecule has 0 bridgehead atoms. The van der Waals surface area contributed by atoms with E-state index in [4.69, 9.17) is 5.73 Å². The lowest BCUT2D eigenvalue weighted by Crippen LogP contribution is -2.43. The molecule has 142 valence electrons. The van der Waals surface area contributed by atoms with Gasteiger partial charge in [-0.3, -0.25) is 4.79 Å². The number of aliphatic carboxylic acids is 1. The van der Waals surface area contributed by atoms with Crippen molar-refractivity contribution in [3.63, 3.8) is 0 Å². The van der Waals surface area contributed by atoms with Crippen LogP contribution in [0.15, 0.2) is 54.6 Å².